The number of nitrogens with zero attached hydrogens (tertiary/aromatic N) is 1. The maximum atomic E-state index is 12.3. The molecule has 1 amide bonds. The van der Waals surface area contributed by atoms with E-state index in [4.69, 9.17) is 0 Å². The van der Waals surface area contributed by atoms with Crippen molar-refractivity contribution in [3.8, 4) is 0 Å². The Morgan fingerprint density at radius 1 is 1.36 bits per heavy atom. The van der Waals surface area contributed by atoms with Gasteiger partial charge in [-0.15, -0.1) is 11.3 Å². The molecule has 0 unspecified atom stereocenters. The van der Waals surface area contributed by atoms with Gasteiger partial charge >= 0.3 is 0 Å². The Morgan fingerprint density at radius 3 is 2.86 bits per heavy atom. The molecule has 0 spiro atoms. The first kappa shape index (κ1) is 14.8. The van der Waals surface area contributed by atoms with Crippen molar-refractivity contribution in [2.45, 2.75) is 33.1 Å². The molecule has 2 heterocycles. The topological polar surface area (TPSA) is 57.8 Å². The van der Waals surface area contributed by atoms with Gasteiger partial charge in [0.25, 0.3) is 0 Å². The molecule has 1 aromatic carbocycles. The quantitative estimate of drug-likeness (QED) is 0.757. The van der Waals surface area contributed by atoms with E-state index in [1.165, 1.54) is 16.2 Å². The lowest BCUT2D eigenvalue weighted by atomic mass is 10.1. The number of thiazole rings is 1. The highest BCUT2D eigenvalue weighted by molar-refractivity contribution is 7.15. The number of fused-ring (bicyclic) bond motifs is 1. The Labute approximate surface area is 133 Å². The van der Waals surface area contributed by atoms with Gasteiger partial charge in [0.15, 0.2) is 5.13 Å². The molecule has 2 N–H and O–H groups in total. The second-order valence-corrected chi connectivity index (χ2v) is 6.78. The molecule has 0 radical (unpaired) electrons. The first-order valence-electron chi connectivity index (χ1n) is 7.36. The Bertz CT molecular complexity index is 816. The highest BCUT2D eigenvalue weighted by atomic mass is 32.1. The van der Waals surface area contributed by atoms with Crippen molar-refractivity contribution in [2.24, 2.45) is 0 Å². The normalized spacial score (nSPS) is 11.3. The van der Waals surface area contributed by atoms with Gasteiger partial charge in [-0.2, -0.15) is 0 Å². The Hall–Kier alpha value is -2.14. The molecule has 0 bridgehead atoms. The zero-order chi connectivity index (χ0) is 15.7. The van der Waals surface area contributed by atoms with Crippen LogP contribution in [0.1, 0.15) is 35.9 Å². The van der Waals surface area contributed by atoms with Crippen LogP contribution in [-0.2, 0) is 11.2 Å². The van der Waals surface area contributed by atoms with Crippen LogP contribution in [0, 0.1) is 6.92 Å². The minimum Gasteiger partial charge on any atom is -0.358 e. The van der Waals surface area contributed by atoms with Crippen molar-refractivity contribution in [2.75, 3.05) is 5.32 Å². The summed E-state index contributed by atoms with van der Waals surface area (Å²) in [4.78, 5) is 21.1. The predicted molar refractivity (Wildman–Crippen MR) is 91.6 cm³/mol. The molecule has 5 heteroatoms. The van der Waals surface area contributed by atoms with Crippen LogP contribution in [0.2, 0.25) is 0 Å². The molecule has 0 fully saturated rings. The third-order valence-electron chi connectivity index (χ3n) is 3.70. The third kappa shape index (κ3) is 2.90. The number of hydrogen-bond donors (Lipinski definition) is 2. The second kappa shape index (κ2) is 5.93. The maximum absolute atomic E-state index is 12.3. The molecule has 22 heavy (non-hydrogen) atoms. The van der Waals surface area contributed by atoms with Crippen LogP contribution in [0.3, 0.4) is 0 Å². The average Bonchev–Trinajstić information content (AvgIpc) is 3.05. The van der Waals surface area contributed by atoms with Crippen LogP contribution < -0.4 is 5.32 Å². The van der Waals surface area contributed by atoms with Crippen LogP contribution in [-0.4, -0.2) is 15.9 Å². The standard InChI is InChI=1S/C17H19N3OS/c1-10(2)15-9-18-17(22-15)20-16(21)8-13-11(3)19-14-7-5-4-6-12(13)14/h4-7,9-10,19H,8H2,1-3H3,(H,18,20,21). The van der Waals surface area contributed by atoms with Gasteiger partial charge in [-0.1, -0.05) is 32.0 Å². The molecule has 2 aromatic heterocycles. The third-order valence-corrected chi connectivity index (χ3v) is 4.92. The van der Waals surface area contributed by atoms with Crippen LogP contribution in [0.4, 0.5) is 5.13 Å². The summed E-state index contributed by atoms with van der Waals surface area (Å²) in [6, 6.07) is 8.05. The fourth-order valence-corrected chi connectivity index (χ4v) is 3.33. The zero-order valence-electron chi connectivity index (χ0n) is 12.9. The van der Waals surface area contributed by atoms with Gasteiger partial charge < -0.3 is 10.3 Å². The van der Waals surface area contributed by atoms with Crippen molar-refractivity contribution in [3.05, 3.63) is 46.6 Å². The summed E-state index contributed by atoms with van der Waals surface area (Å²) < 4.78 is 0. The summed E-state index contributed by atoms with van der Waals surface area (Å²) in [5, 5.41) is 4.68. The van der Waals surface area contributed by atoms with E-state index in [0.717, 1.165) is 22.2 Å². The number of rotatable bonds is 4. The highest BCUT2D eigenvalue weighted by Crippen LogP contribution is 2.26. The van der Waals surface area contributed by atoms with Gasteiger partial charge in [0.1, 0.15) is 0 Å². The number of H-pyrrole nitrogens is 1. The van der Waals surface area contributed by atoms with E-state index in [0.29, 0.717) is 17.5 Å². The summed E-state index contributed by atoms with van der Waals surface area (Å²) in [5.41, 5.74) is 3.16. The minimum atomic E-state index is -0.0301. The lowest BCUT2D eigenvalue weighted by Crippen LogP contribution is -2.14. The first-order valence-corrected chi connectivity index (χ1v) is 8.18. The molecule has 3 rings (SSSR count). The summed E-state index contributed by atoms with van der Waals surface area (Å²) in [5.74, 6) is 0.400. The Morgan fingerprint density at radius 2 is 2.14 bits per heavy atom. The van der Waals surface area contributed by atoms with E-state index in [-0.39, 0.29) is 5.91 Å². The number of hydrogen-bond acceptors (Lipinski definition) is 3. The van der Waals surface area contributed by atoms with Crippen molar-refractivity contribution in [1.29, 1.82) is 0 Å². The molecule has 0 aliphatic heterocycles. The number of aromatic nitrogens is 2. The fourth-order valence-electron chi connectivity index (χ4n) is 2.50. The van der Waals surface area contributed by atoms with E-state index in [1.54, 1.807) is 0 Å². The van der Waals surface area contributed by atoms with E-state index in [9.17, 15) is 4.79 Å². The smallest absolute Gasteiger partial charge is 0.230 e. The second-order valence-electron chi connectivity index (χ2n) is 5.72. The number of anilines is 1. The molecule has 0 aliphatic rings. The number of aryl methyl sites for hydroxylation is 1. The molecule has 3 aromatic rings. The van der Waals surface area contributed by atoms with Gasteiger partial charge in [-0.25, -0.2) is 4.98 Å². The molecular weight excluding hydrogens is 294 g/mol. The fraction of sp³-hybridized carbons (Fsp3) is 0.294. The summed E-state index contributed by atoms with van der Waals surface area (Å²) in [6.45, 7) is 6.24. The Balaban J connectivity index is 1.76. The van der Waals surface area contributed by atoms with E-state index < -0.39 is 0 Å². The number of carbonyl (C=O) groups excluding carboxylic acids is 1. The first-order chi connectivity index (χ1) is 10.5. The van der Waals surface area contributed by atoms with Gasteiger partial charge in [0, 0.05) is 27.7 Å². The van der Waals surface area contributed by atoms with E-state index in [1.807, 2.05) is 37.4 Å². The number of amides is 1. The highest BCUT2D eigenvalue weighted by Gasteiger charge is 2.14. The van der Waals surface area contributed by atoms with Crippen LogP contribution >= 0.6 is 11.3 Å². The van der Waals surface area contributed by atoms with Gasteiger partial charge in [0.2, 0.25) is 5.91 Å². The molecular formula is C17H19N3OS. The zero-order valence-corrected chi connectivity index (χ0v) is 13.8. The van der Waals surface area contributed by atoms with Crippen molar-refractivity contribution >= 4 is 33.3 Å². The number of para-hydroxylation sites is 1. The van der Waals surface area contributed by atoms with Crippen LogP contribution in [0.25, 0.3) is 10.9 Å². The van der Waals surface area contributed by atoms with Gasteiger partial charge in [-0.05, 0) is 24.5 Å². The average molecular weight is 313 g/mol. The Kier molecular flexibility index (Phi) is 3.98. The number of benzene rings is 1. The van der Waals surface area contributed by atoms with Gasteiger partial charge in [-0.3, -0.25) is 4.79 Å². The SMILES string of the molecule is Cc1[nH]c2ccccc2c1CC(=O)Nc1ncc(C(C)C)s1. The largest absolute Gasteiger partial charge is 0.358 e. The number of aromatic amines is 1. The van der Waals surface area contributed by atoms with Crippen molar-refractivity contribution in [3.63, 3.8) is 0 Å². The summed E-state index contributed by atoms with van der Waals surface area (Å²) in [7, 11) is 0. The summed E-state index contributed by atoms with van der Waals surface area (Å²) >= 11 is 1.54. The number of carbonyl (C=O) groups is 1. The molecule has 114 valence electrons. The van der Waals surface area contributed by atoms with Crippen LogP contribution in [0.15, 0.2) is 30.5 Å². The van der Waals surface area contributed by atoms with Crippen molar-refractivity contribution < 1.29 is 4.79 Å². The molecule has 0 atom stereocenters. The monoisotopic (exact) mass is 313 g/mol. The molecule has 0 aliphatic carbocycles. The lowest BCUT2D eigenvalue weighted by Gasteiger charge is -2.03. The lowest BCUT2D eigenvalue weighted by molar-refractivity contribution is -0.115. The summed E-state index contributed by atoms with van der Waals surface area (Å²) in [6.07, 6.45) is 2.19. The van der Waals surface area contributed by atoms with E-state index in [2.05, 4.69) is 29.1 Å². The molecule has 0 saturated carbocycles. The van der Waals surface area contributed by atoms with E-state index >= 15 is 0 Å². The predicted octanol–water partition coefficient (Wildman–Crippen LogP) is 4.24. The number of nitrogens with one attached hydrogen (secondary N) is 2. The molecule has 0 saturated heterocycles. The van der Waals surface area contributed by atoms with Crippen molar-refractivity contribution in [1.82, 2.24) is 9.97 Å². The molecule has 4 nitrogen and oxygen atoms in total. The maximum Gasteiger partial charge on any atom is 0.230 e. The van der Waals surface area contributed by atoms with Crippen LogP contribution in [0.5, 0.6) is 0 Å². The van der Waals surface area contributed by atoms with Gasteiger partial charge in [0.05, 0.1) is 6.42 Å². The minimum absolute atomic E-state index is 0.0301.